The van der Waals surface area contributed by atoms with Crippen LogP contribution in [-0.4, -0.2) is 10.1 Å². The Balaban J connectivity index is 1.99. The van der Waals surface area contributed by atoms with E-state index in [0.29, 0.717) is 6.42 Å². The summed E-state index contributed by atoms with van der Waals surface area (Å²) >= 11 is 1.69. The zero-order valence-electron chi connectivity index (χ0n) is 15.6. The van der Waals surface area contributed by atoms with E-state index in [1.54, 1.807) is 23.7 Å². The van der Waals surface area contributed by atoms with E-state index in [9.17, 15) is 4.39 Å². The highest BCUT2D eigenvalue weighted by molar-refractivity contribution is 7.16. The SMILES string of the molecule is OC#CCCc1sc(-c2ccc(F)cc2)c(-c2ccncc2)c1-c1ccccc1. The molecule has 0 unspecified atom stereocenters. The van der Waals surface area contributed by atoms with E-state index >= 15 is 0 Å². The Hall–Kier alpha value is -3.42. The third-order valence-electron chi connectivity index (χ3n) is 4.68. The first kappa shape index (κ1) is 18.9. The summed E-state index contributed by atoms with van der Waals surface area (Å²) in [6, 6.07) is 20.9. The number of rotatable bonds is 5. The maximum absolute atomic E-state index is 13.5. The van der Waals surface area contributed by atoms with Crippen LogP contribution in [0.25, 0.3) is 32.7 Å². The summed E-state index contributed by atoms with van der Waals surface area (Å²) in [5.74, 6) is 2.49. The van der Waals surface area contributed by atoms with Gasteiger partial charge in [0.1, 0.15) is 11.9 Å². The van der Waals surface area contributed by atoms with Gasteiger partial charge in [0.05, 0.1) is 0 Å². The van der Waals surface area contributed by atoms with E-state index in [0.717, 1.165) is 39.1 Å². The molecule has 0 aliphatic carbocycles. The smallest absolute Gasteiger partial charge is 0.123 e. The third kappa shape index (κ3) is 4.06. The molecule has 0 bridgehead atoms. The molecule has 0 aliphatic heterocycles. The number of aromatic nitrogens is 1. The quantitative estimate of drug-likeness (QED) is 0.386. The fourth-order valence-corrected chi connectivity index (χ4v) is 4.74. The summed E-state index contributed by atoms with van der Waals surface area (Å²) in [5.41, 5.74) is 5.42. The van der Waals surface area contributed by atoms with E-state index in [1.807, 2.05) is 48.6 Å². The fraction of sp³-hybridized carbons (Fsp3) is 0.0800. The number of aliphatic hydroxyl groups is 1. The first-order valence-electron chi connectivity index (χ1n) is 9.27. The predicted octanol–water partition coefficient (Wildman–Crippen LogP) is 6.55. The van der Waals surface area contributed by atoms with Crippen LogP contribution in [0.15, 0.2) is 79.1 Å². The van der Waals surface area contributed by atoms with Crippen molar-refractivity contribution in [2.45, 2.75) is 12.8 Å². The third-order valence-corrected chi connectivity index (χ3v) is 5.97. The zero-order valence-corrected chi connectivity index (χ0v) is 16.4. The molecule has 0 radical (unpaired) electrons. The Morgan fingerprint density at radius 3 is 2.21 bits per heavy atom. The predicted molar refractivity (Wildman–Crippen MR) is 116 cm³/mol. The molecule has 2 aromatic heterocycles. The molecule has 0 amide bonds. The second-order valence-corrected chi connectivity index (χ2v) is 7.61. The van der Waals surface area contributed by atoms with Crippen LogP contribution >= 0.6 is 11.3 Å². The number of benzene rings is 2. The highest BCUT2D eigenvalue weighted by atomic mass is 32.1. The number of aliphatic hydroxyl groups excluding tert-OH is 1. The molecule has 0 saturated carbocycles. The fourth-order valence-electron chi connectivity index (χ4n) is 3.39. The number of hydrogen-bond donors (Lipinski definition) is 1. The molecule has 4 heteroatoms. The molecular weight excluding hydrogens is 381 g/mol. The first-order valence-corrected chi connectivity index (χ1v) is 10.1. The molecule has 2 nitrogen and oxygen atoms in total. The molecule has 0 atom stereocenters. The van der Waals surface area contributed by atoms with Crippen molar-refractivity contribution >= 4 is 11.3 Å². The average molecular weight is 399 g/mol. The number of aryl methyl sites for hydroxylation is 1. The molecule has 2 heterocycles. The zero-order chi connectivity index (χ0) is 20.1. The second-order valence-electron chi connectivity index (χ2n) is 6.50. The van der Waals surface area contributed by atoms with Gasteiger partial charge in [-0.05, 0) is 47.4 Å². The van der Waals surface area contributed by atoms with E-state index in [4.69, 9.17) is 5.11 Å². The lowest BCUT2D eigenvalue weighted by Gasteiger charge is -2.10. The van der Waals surface area contributed by atoms with Gasteiger partial charge in [-0.2, -0.15) is 0 Å². The Kier molecular flexibility index (Phi) is 5.69. The Morgan fingerprint density at radius 1 is 0.828 bits per heavy atom. The van der Waals surface area contributed by atoms with E-state index in [2.05, 4.69) is 23.0 Å². The van der Waals surface area contributed by atoms with Gasteiger partial charge in [0.25, 0.3) is 0 Å². The minimum absolute atomic E-state index is 0.252. The van der Waals surface area contributed by atoms with Gasteiger partial charge in [-0.25, -0.2) is 4.39 Å². The molecule has 142 valence electrons. The lowest BCUT2D eigenvalue weighted by Crippen LogP contribution is -1.88. The second kappa shape index (κ2) is 8.72. The van der Waals surface area contributed by atoms with Crippen molar-refractivity contribution in [3.05, 3.63) is 89.8 Å². The molecule has 2 aromatic carbocycles. The monoisotopic (exact) mass is 399 g/mol. The molecule has 29 heavy (non-hydrogen) atoms. The molecule has 4 aromatic rings. The highest BCUT2D eigenvalue weighted by Crippen LogP contribution is 2.48. The largest absolute Gasteiger partial charge is 0.462 e. The number of hydrogen-bond acceptors (Lipinski definition) is 3. The number of nitrogens with zero attached hydrogens (tertiary/aromatic N) is 1. The van der Waals surface area contributed by atoms with Gasteiger partial charge in [-0.1, -0.05) is 48.4 Å². The standard InChI is InChI=1S/C25H18FNOS/c26-21-11-9-20(10-12-21)25-24(19-13-15-27-16-14-19)23(18-6-2-1-3-7-18)22(29-25)8-4-5-17-28/h1-3,6-7,9-16,28H,4,8H2. The summed E-state index contributed by atoms with van der Waals surface area (Å²) < 4.78 is 13.5. The summed E-state index contributed by atoms with van der Waals surface area (Å²) in [4.78, 5) is 6.43. The van der Waals surface area contributed by atoms with Crippen molar-refractivity contribution in [2.24, 2.45) is 0 Å². The Labute approximate surface area is 173 Å². The number of pyridine rings is 1. The van der Waals surface area contributed by atoms with Crippen molar-refractivity contribution in [2.75, 3.05) is 0 Å². The van der Waals surface area contributed by atoms with Crippen molar-refractivity contribution in [1.82, 2.24) is 4.98 Å². The van der Waals surface area contributed by atoms with Crippen LogP contribution in [0, 0.1) is 17.8 Å². The molecule has 1 N–H and O–H groups in total. The van der Waals surface area contributed by atoms with Crippen LogP contribution in [0.3, 0.4) is 0 Å². The van der Waals surface area contributed by atoms with Gasteiger partial charge in [0, 0.05) is 39.7 Å². The number of halogens is 1. The first-order chi connectivity index (χ1) is 14.3. The van der Waals surface area contributed by atoms with Gasteiger partial charge in [-0.15, -0.1) is 11.3 Å². The lowest BCUT2D eigenvalue weighted by atomic mass is 9.92. The lowest BCUT2D eigenvalue weighted by molar-refractivity contribution is 0.516. The molecule has 0 fully saturated rings. The molecule has 0 spiro atoms. The topological polar surface area (TPSA) is 33.1 Å². The van der Waals surface area contributed by atoms with Crippen molar-refractivity contribution in [3.8, 4) is 44.7 Å². The molecule has 0 aliphatic rings. The minimum Gasteiger partial charge on any atom is -0.462 e. The van der Waals surface area contributed by atoms with Gasteiger partial charge < -0.3 is 5.11 Å². The van der Waals surface area contributed by atoms with Gasteiger partial charge >= 0.3 is 0 Å². The number of thiophene rings is 1. The average Bonchev–Trinajstić information content (AvgIpc) is 3.15. The summed E-state index contributed by atoms with van der Waals surface area (Å²) in [6.45, 7) is 0. The maximum atomic E-state index is 13.5. The van der Waals surface area contributed by atoms with E-state index < -0.39 is 0 Å². The van der Waals surface area contributed by atoms with Gasteiger partial charge in [0.15, 0.2) is 0 Å². The summed E-state index contributed by atoms with van der Waals surface area (Å²) in [6.07, 6.45) is 6.85. The van der Waals surface area contributed by atoms with Crippen LogP contribution in [0.4, 0.5) is 4.39 Å². The molecule has 4 rings (SSSR count). The Morgan fingerprint density at radius 2 is 1.52 bits per heavy atom. The summed E-state index contributed by atoms with van der Waals surface area (Å²) in [7, 11) is 0. The van der Waals surface area contributed by atoms with Crippen LogP contribution < -0.4 is 0 Å². The van der Waals surface area contributed by atoms with Crippen LogP contribution in [0.2, 0.25) is 0 Å². The molecular formula is C25H18FNOS. The van der Waals surface area contributed by atoms with E-state index in [-0.39, 0.29) is 5.82 Å². The highest BCUT2D eigenvalue weighted by Gasteiger charge is 2.21. The normalized spacial score (nSPS) is 10.4. The maximum Gasteiger partial charge on any atom is 0.123 e. The summed E-state index contributed by atoms with van der Waals surface area (Å²) in [5, 5.41) is 8.87. The van der Waals surface area contributed by atoms with E-state index in [1.165, 1.54) is 17.0 Å². The van der Waals surface area contributed by atoms with Crippen molar-refractivity contribution in [3.63, 3.8) is 0 Å². The minimum atomic E-state index is -0.252. The van der Waals surface area contributed by atoms with Crippen LogP contribution in [-0.2, 0) is 6.42 Å². The van der Waals surface area contributed by atoms with Crippen molar-refractivity contribution in [1.29, 1.82) is 0 Å². The van der Waals surface area contributed by atoms with Crippen LogP contribution in [0.5, 0.6) is 0 Å². The van der Waals surface area contributed by atoms with Gasteiger partial charge in [-0.3, -0.25) is 4.98 Å². The molecule has 0 saturated heterocycles. The van der Waals surface area contributed by atoms with Crippen molar-refractivity contribution < 1.29 is 9.50 Å². The van der Waals surface area contributed by atoms with Gasteiger partial charge in [0.2, 0.25) is 0 Å². The Bertz CT molecular complexity index is 1160. The van der Waals surface area contributed by atoms with Crippen LogP contribution in [0.1, 0.15) is 11.3 Å².